The van der Waals surface area contributed by atoms with Crippen LogP contribution in [0.3, 0.4) is 0 Å². The van der Waals surface area contributed by atoms with Gasteiger partial charge in [0.2, 0.25) is 5.95 Å². The number of aryl methyl sites for hydroxylation is 1. The summed E-state index contributed by atoms with van der Waals surface area (Å²) in [6, 6.07) is 15.3. The summed E-state index contributed by atoms with van der Waals surface area (Å²) in [6.07, 6.45) is 0. The molecule has 3 aromatic rings. The molecule has 0 atom stereocenters. The maximum Gasteiger partial charge on any atom is 0.338 e. The Hall–Kier alpha value is -3.48. The third-order valence-corrected chi connectivity index (χ3v) is 3.92. The van der Waals surface area contributed by atoms with Gasteiger partial charge in [0.15, 0.2) is 0 Å². The third-order valence-electron chi connectivity index (χ3n) is 3.92. The minimum atomic E-state index is -0.355. The molecule has 7 heteroatoms. The summed E-state index contributed by atoms with van der Waals surface area (Å²) in [6.45, 7) is 4.24. The van der Waals surface area contributed by atoms with Gasteiger partial charge in [-0.2, -0.15) is 4.98 Å². The van der Waals surface area contributed by atoms with Crippen LogP contribution >= 0.6 is 0 Å². The molecule has 28 heavy (non-hydrogen) atoms. The number of nitrogens with one attached hydrogen (secondary N) is 2. The van der Waals surface area contributed by atoms with Gasteiger partial charge in [0.05, 0.1) is 12.2 Å². The van der Waals surface area contributed by atoms with Crippen molar-refractivity contribution in [2.75, 3.05) is 17.2 Å². The Morgan fingerprint density at radius 3 is 2.57 bits per heavy atom. The van der Waals surface area contributed by atoms with Crippen molar-refractivity contribution in [1.29, 1.82) is 0 Å². The van der Waals surface area contributed by atoms with E-state index in [0.717, 1.165) is 11.4 Å². The Bertz CT molecular complexity index is 961. The molecule has 6 nitrogen and oxygen atoms in total. The second kappa shape index (κ2) is 8.94. The van der Waals surface area contributed by atoms with Crippen LogP contribution in [0, 0.1) is 12.7 Å². The molecule has 0 unspecified atom stereocenters. The Labute approximate surface area is 162 Å². The number of halogens is 1. The quantitative estimate of drug-likeness (QED) is 0.590. The van der Waals surface area contributed by atoms with Crippen molar-refractivity contribution in [2.24, 2.45) is 0 Å². The molecule has 1 heterocycles. The van der Waals surface area contributed by atoms with Crippen molar-refractivity contribution < 1.29 is 13.9 Å². The number of carbonyl (C=O) groups excluding carboxylic acids is 1. The highest BCUT2D eigenvalue weighted by atomic mass is 19.1. The fourth-order valence-electron chi connectivity index (χ4n) is 2.58. The summed E-state index contributed by atoms with van der Waals surface area (Å²) in [5.41, 5.74) is 2.55. The zero-order valence-electron chi connectivity index (χ0n) is 15.7. The average Bonchev–Trinajstić information content (AvgIpc) is 2.68. The second-order valence-corrected chi connectivity index (χ2v) is 6.09. The number of nitrogens with zero attached hydrogens (tertiary/aromatic N) is 2. The van der Waals surface area contributed by atoms with E-state index in [4.69, 9.17) is 4.74 Å². The minimum Gasteiger partial charge on any atom is -0.462 e. The predicted molar refractivity (Wildman–Crippen MR) is 106 cm³/mol. The van der Waals surface area contributed by atoms with E-state index < -0.39 is 0 Å². The number of benzene rings is 2. The molecule has 0 aliphatic heterocycles. The molecule has 3 rings (SSSR count). The fourth-order valence-corrected chi connectivity index (χ4v) is 2.58. The summed E-state index contributed by atoms with van der Waals surface area (Å²) < 4.78 is 18.7. The molecule has 0 saturated heterocycles. The molecule has 2 N–H and O–H groups in total. The molecule has 144 valence electrons. The lowest BCUT2D eigenvalue weighted by Gasteiger charge is -2.11. The largest absolute Gasteiger partial charge is 0.462 e. The average molecular weight is 380 g/mol. The van der Waals surface area contributed by atoms with Crippen LogP contribution in [0.1, 0.15) is 28.5 Å². The van der Waals surface area contributed by atoms with Crippen LogP contribution in [0.4, 0.5) is 21.8 Å². The smallest absolute Gasteiger partial charge is 0.338 e. The molecule has 0 amide bonds. The van der Waals surface area contributed by atoms with Crippen molar-refractivity contribution >= 4 is 23.4 Å². The normalized spacial score (nSPS) is 10.4. The van der Waals surface area contributed by atoms with Crippen molar-refractivity contribution in [3.63, 3.8) is 0 Å². The van der Waals surface area contributed by atoms with Gasteiger partial charge in [-0.05, 0) is 44.2 Å². The third kappa shape index (κ3) is 5.03. The second-order valence-electron chi connectivity index (χ2n) is 6.09. The van der Waals surface area contributed by atoms with Gasteiger partial charge in [-0.15, -0.1) is 0 Å². The maximum atomic E-state index is 13.8. The number of ether oxygens (including phenoxy) is 1. The van der Waals surface area contributed by atoms with E-state index >= 15 is 0 Å². The Morgan fingerprint density at radius 1 is 1.11 bits per heavy atom. The van der Waals surface area contributed by atoms with Crippen LogP contribution in [-0.2, 0) is 11.3 Å². The topological polar surface area (TPSA) is 76.1 Å². The summed E-state index contributed by atoms with van der Waals surface area (Å²) in [5, 5.41) is 6.22. The minimum absolute atomic E-state index is 0.275. The van der Waals surface area contributed by atoms with E-state index in [1.54, 1.807) is 55.5 Å². The number of hydrogen-bond donors (Lipinski definition) is 2. The van der Waals surface area contributed by atoms with Crippen LogP contribution in [-0.4, -0.2) is 22.5 Å². The molecular formula is C21H21FN4O2. The van der Waals surface area contributed by atoms with Crippen LogP contribution in [0.25, 0.3) is 0 Å². The number of esters is 1. The lowest BCUT2D eigenvalue weighted by molar-refractivity contribution is 0.0526. The van der Waals surface area contributed by atoms with Crippen LogP contribution < -0.4 is 10.6 Å². The Morgan fingerprint density at radius 2 is 1.86 bits per heavy atom. The molecule has 0 spiro atoms. The maximum absolute atomic E-state index is 13.8. The van der Waals surface area contributed by atoms with Crippen molar-refractivity contribution in [2.45, 2.75) is 20.4 Å². The van der Waals surface area contributed by atoms with Crippen LogP contribution in [0.15, 0.2) is 54.6 Å². The first-order valence-corrected chi connectivity index (χ1v) is 8.92. The highest BCUT2D eigenvalue weighted by Gasteiger charge is 2.08. The van der Waals surface area contributed by atoms with Crippen molar-refractivity contribution in [3.05, 3.63) is 77.2 Å². The molecule has 0 bridgehead atoms. The van der Waals surface area contributed by atoms with Crippen molar-refractivity contribution in [3.8, 4) is 0 Å². The molecule has 0 aliphatic carbocycles. The molecule has 0 saturated carbocycles. The first-order chi connectivity index (χ1) is 13.5. The van der Waals surface area contributed by atoms with Gasteiger partial charge in [-0.3, -0.25) is 0 Å². The van der Waals surface area contributed by atoms with E-state index in [2.05, 4.69) is 20.6 Å². The lowest BCUT2D eigenvalue weighted by Crippen LogP contribution is -2.07. The van der Waals surface area contributed by atoms with Gasteiger partial charge < -0.3 is 15.4 Å². The van der Waals surface area contributed by atoms with Gasteiger partial charge in [0.1, 0.15) is 11.6 Å². The number of rotatable bonds is 7. The highest BCUT2D eigenvalue weighted by molar-refractivity contribution is 5.89. The summed E-state index contributed by atoms with van der Waals surface area (Å²) in [4.78, 5) is 20.5. The van der Waals surface area contributed by atoms with Gasteiger partial charge >= 0.3 is 5.97 Å². The van der Waals surface area contributed by atoms with E-state index in [0.29, 0.717) is 29.5 Å². The SMILES string of the molecule is CCOC(=O)c1ccc(Nc2cc(C)nc(NCc3ccccc3F)n2)cc1. The Balaban J connectivity index is 1.69. The molecule has 2 aromatic carbocycles. The van der Waals surface area contributed by atoms with E-state index in [1.807, 2.05) is 6.92 Å². The first-order valence-electron chi connectivity index (χ1n) is 8.92. The lowest BCUT2D eigenvalue weighted by atomic mass is 10.2. The standard InChI is InChI=1S/C21H21FN4O2/c1-3-28-20(27)15-8-10-17(11-9-15)25-19-12-14(2)24-21(26-19)23-13-16-6-4-5-7-18(16)22/h4-12H,3,13H2,1-2H3,(H2,23,24,25,26). The summed E-state index contributed by atoms with van der Waals surface area (Å²) in [5.74, 6) is 0.357. The van der Waals surface area contributed by atoms with Gasteiger partial charge in [0.25, 0.3) is 0 Å². The molecular weight excluding hydrogens is 359 g/mol. The number of anilines is 3. The van der Waals surface area contributed by atoms with E-state index in [1.165, 1.54) is 6.07 Å². The zero-order chi connectivity index (χ0) is 19.9. The number of aromatic nitrogens is 2. The molecule has 0 fully saturated rings. The summed E-state index contributed by atoms with van der Waals surface area (Å²) in [7, 11) is 0. The van der Waals surface area contributed by atoms with Gasteiger partial charge in [-0.1, -0.05) is 18.2 Å². The number of carbonyl (C=O) groups is 1. The Kier molecular flexibility index (Phi) is 6.16. The molecule has 1 aromatic heterocycles. The van der Waals surface area contributed by atoms with Gasteiger partial charge in [0, 0.05) is 29.6 Å². The first kappa shape index (κ1) is 19.3. The molecule has 0 radical (unpaired) electrons. The van der Waals surface area contributed by atoms with Crippen molar-refractivity contribution in [1.82, 2.24) is 9.97 Å². The van der Waals surface area contributed by atoms with Gasteiger partial charge in [-0.25, -0.2) is 14.2 Å². The molecule has 0 aliphatic rings. The van der Waals surface area contributed by atoms with Crippen LogP contribution in [0.5, 0.6) is 0 Å². The predicted octanol–water partition coefficient (Wildman–Crippen LogP) is 4.46. The monoisotopic (exact) mass is 380 g/mol. The van der Waals surface area contributed by atoms with E-state index in [9.17, 15) is 9.18 Å². The van der Waals surface area contributed by atoms with Crippen LogP contribution in [0.2, 0.25) is 0 Å². The summed E-state index contributed by atoms with van der Waals surface area (Å²) >= 11 is 0. The highest BCUT2D eigenvalue weighted by Crippen LogP contribution is 2.18. The fraction of sp³-hybridized carbons (Fsp3) is 0.190. The zero-order valence-corrected chi connectivity index (χ0v) is 15.7. The number of hydrogen-bond acceptors (Lipinski definition) is 6. The van der Waals surface area contributed by atoms with E-state index in [-0.39, 0.29) is 18.3 Å².